The normalized spacial score (nSPS) is 24.6. The highest BCUT2D eigenvalue weighted by molar-refractivity contribution is 5.30. The van der Waals surface area contributed by atoms with Crippen molar-refractivity contribution in [2.45, 2.75) is 32.1 Å². The first kappa shape index (κ1) is 12.4. The Labute approximate surface area is 105 Å². The molecule has 0 aliphatic carbocycles. The maximum absolute atomic E-state index is 5.31. The average Bonchev–Trinajstić information content (AvgIpc) is 2.40. The Morgan fingerprint density at radius 3 is 3.06 bits per heavy atom. The van der Waals surface area contributed by atoms with Crippen molar-refractivity contribution >= 4 is 0 Å². The first-order chi connectivity index (χ1) is 8.33. The molecule has 94 valence electrons. The van der Waals surface area contributed by atoms with Crippen molar-refractivity contribution in [2.24, 2.45) is 0 Å². The summed E-state index contributed by atoms with van der Waals surface area (Å²) in [6, 6.07) is 8.60. The Kier molecular flexibility index (Phi) is 4.43. The van der Waals surface area contributed by atoms with Gasteiger partial charge in [-0.2, -0.15) is 0 Å². The number of piperidine rings is 1. The molecule has 1 aliphatic rings. The van der Waals surface area contributed by atoms with E-state index in [1.54, 1.807) is 12.0 Å². The van der Waals surface area contributed by atoms with E-state index >= 15 is 0 Å². The van der Waals surface area contributed by atoms with Crippen LogP contribution in [0.1, 0.15) is 37.7 Å². The molecule has 0 saturated carbocycles. The molecule has 1 aromatic rings. The summed E-state index contributed by atoms with van der Waals surface area (Å²) in [6.07, 6.45) is 3.98. The van der Waals surface area contributed by atoms with Gasteiger partial charge in [0.15, 0.2) is 0 Å². The number of ether oxygens (including phenoxy) is 1. The van der Waals surface area contributed by atoms with Gasteiger partial charge in [0, 0.05) is 5.92 Å². The standard InChI is InChI=1S/C15H23NO/c1-3-9-16-10-5-7-14(12-16)13-6-4-8-15(11-13)17-2/h4,6,8,11,14H,3,5,7,9-10,12H2,1-2H3/p+1. The van der Waals surface area contributed by atoms with E-state index in [1.165, 1.54) is 44.5 Å². The zero-order valence-electron chi connectivity index (χ0n) is 11.0. The van der Waals surface area contributed by atoms with Crippen molar-refractivity contribution in [2.75, 3.05) is 26.7 Å². The van der Waals surface area contributed by atoms with E-state index in [0.717, 1.165) is 11.7 Å². The van der Waals surface area contributed by atoms with Crippen LogP contribution in [0.4, 0.5) is 0 Å². The maximum Gasteiger partial charge on any atom is 0.119 e. The van der Waals surface area contributed by atoms with Crippen LogP contribution in [0.5, 0.6) is 5.75 Å². The van der Waals surface area contributed by atoms with Gasteiger partial charge < -0.3 is 9.64 Å². The smallest absolute Gasteiger partial charge is 0.119 e. The summed E-state index contributed by atoms with van der Waals surface area (Å²) in [4.78, 5) is 1.77. The molecule has 1 aliphatic heterocycles. The minimum absolute atomic E-state index is 0.723. The Hall–Kier alpha value is -1.02. The van der Waals surface area contributed by atoms with Crippen LogP contribution in [-0.2, 0) is 0 Å². The largest absolute Gasteiger partial charge is 0.497 e. The van der Waals surface area contributed by atoms with Crippen LogP contribution in [0.3, 0.4) is 0 Å². The Bertz CT molecular complexity index is 349. The minimum atomic E-state index is 0.723. The topological polar surface area (TPSA) is 13.7 Å². The van der Waals surface area contributed by atoms with E-state index in [0.29, 0.717) is 0 Å². The lowest BCUT2D eigenvalue weighted by molar-refractivity contribution is -0.906. The molecule has 2 rings (SSSR count). The quantitative estimate of drug-likeness (QED) is 0.839. The Balaban J connectivity index is 2.05. The van der Waals surface area contributed by atoms with Crippen LogP contribution in [0.2, 0.25) is 0 Å². The summed E-state index contributed by atoms with van der Waals surface area (Å²) < 4.78 is 5.31. The van der Waals surface area contributed by atoms with Crippen molar-refractivity contribution in [3.8, 4) is 5.75 Å². The van der Waals surface area contributed by atoms with Gasteiger partial charge in [-0.25, -0.2) is 0 Å². The monoisotopic (exact) mass is 234 g/mol. The number of rotatable bonds is 4. The van der Waals surface area contributed by atoms with Crippen LogP contribution in [-0.4, -0.2) is 26.7 Å². The van der Waals surface area contributed by atoms with Crippen LogP contribution in [0.15, 0.2) is 24.3 Å². The predicted octanol–water partition coefficient (Wildman–Crippen LogP) is 1.87. The summed E-state index contributed by atoms with van der Waals surface area (Å²) in [5, 5.41) is 0. The molecule has 1 N–H and O–H groups in total. The van der Waals surface area contributed by atoms with E-state index in [1.807, 2.05) is 6.07 Å². The number of hydrogen-bond acceptors (Lipinski definition) is 1. The molecule has 17 heavy (non-hydrogen) atoms. The van der Waals surface area contributed by atoms with Gasteiger partial charge in [0.05, 0.1) is 26.7 Å². The lowest BCUT2D eigenvalue weighted by Crippen LogP contribution is -3.13. The van der Waals surface area contributed by atoms with Gasteiger partial charge in [-0.1, -0.05) is 19.1 Å². The van der Waals surface area contributed by atoms with E-state index in [-0.39, 0.29) is 0 Å². The molecule has 0 bridgehead atoms. The van der Waals surface area contributed by atoms with Crippen molar-refractivity contribution in [1.29, 1.82) is 0 Å². The highest BCUT2D eigenvalue weighted by Gasteiger charge is 2.23. The van der Waals surface area contributed by atoms with Gasteiger partial charge in [0.25, 0.3) is 0 Å². The van der Waals surface area contributed by atoms with Crippen LogP contribution in [0.25, 0.3) is 0 Å². The second kappa shape index (κ2) is 6.06. The molecule has 0 amide bonds. The van der Waals surface area contributed by atoms with Crippen molar-refractivity contribution in [3.63, 3.8) is 0 Å². The molecule has 2 unspecified atom stereocenters. The van der Waals surface area contributed by atoms with Gasteiger partial charge >= 0.3 is 0 Å². The molecule has 2 heteroatoms. The summed E-state index contributed by atoms with van der Waals surface area (Å²) in [7, 11) is 1.74. The van der Waals surface area contributed by atoms with Crippen molar-refractivity contribution in [3.05, 3.63) is 29.8 Å². The molecule has 0 spiro atoms. The van der Waals surface area contributed by atoms with E-state index in [9.17, 15) is 0 Å². The zero-order valence-corrected chi connectivity index (χ0v) is 11.0. The summed E-state index contributed by atoms with van der Waals surface area (Å²) >= 11 is 0. The van der Waals surface area contributed by atoms with Crippen LogP contribution >= 0.6 is 0 Å². The first-order valence-electron chi connectivity index (χ1n) is 6.81. The number of methoxy groups -OCH3 is 1. The molecule has 1 fully saturated rings. The summed E-state index contributed by atoms with van der Waals surface area (Å²) in [5.41, 5.74) is 1.46. The number of benzene rings is 1. The van der Waals surface area contributed by atoms with Crippen LogP contribution in [0, 0.1) is 0 Å². The van der Waals surface area contributed by atoms with Crippen molar-refractivity contribution in [1.82, 2.24) is 0 Å². The van der Waals surface area contributed by atoms with Gasteiger partial charge in [0.1, 0.15) is 5.75 Å². The lowest BCUT2D eigenvalue weighted by atomic mass is 9.90. The highest BCUT2D eigenvalue weighted by atomic mass is 16.5. The second-order valence-electron chi connectivity index (χ2n) is 5.07. The third-order valence-corrected chi connectivity index (χ3v) is 3.79. The molecular formula is C15H24NO+. The molecule has 2 atom stereocenters. The van der Waals surface area contributed by atoms with E-state index < -0.39 is 0 Å². The Morgan fingerprint density at radius 1 is 1.41 bits per heavy atom. The third kappa shape index (κ3) is 3.22. The molecule has 2 nitrogen and oxygen atoms in total. The zero-order chi connectivity index (χ0) is 12.1. The second-order valence-corrected chi connectivity index (χ2v) is 5.07. The molecule has 1 aromatic carbocycles. The molecule has 1 heterocycles. The lowest BCUT2D eigenvalue weighted by Gasteiger charge is -2.30. The van der Waals surface area contributed by atoms with Gasteiger partial charge in [-0.15, -0.1) is 0 Å². The SMILES string of the molecule is CCC[NH+]1CCCC(c2cccc(OC)c2)C1. The first-order valence-corrected chi connectivity index (χ1v) is 6.81. The number of nitrogens with one attached hydrogen (secondary N) is 1. The maximum atomic E-state index is 5.31. The molecule has 0 aromatic heterocycles. The summed E-state index contributed by atoms with van der Waals surface area (Å²) in [6.45, 7) is 6.25. The molecule has 1 saturated heterocycles. The van der Waals surface area contributed by atoms with Gasteiger partial charge in [-0.05, 0) is 37.0 Å². The third-order valence-electron chi connectivity index (χ3n) is 3.79. The fourth-order valence-corrected chi connectivity index (χ4v) is 2.91. The fraction of sp³-hybridized carbons (Fsp3) is 0.600. The predicted molar refractivity (Wildman–Crippen MR) is 70.8 cm³/mol. The number of hydrogen-bond donors (Lipinski definition) is 1. The van der Waals surface area contributed by atoms with E-state index in [2.05, 4.69) is 25.1 Å². The van der Waals surface area contributed by atoms with Gasteiger partial charge in [0.2, 0.25) is 0 Å². The minimum Gasteiger partial charge on any atom is -0.497 e. The Morgan fingerprint density at radius 2 is 2.29 bits per heavy atom. The fourth-order valence-electron chi connectivity index (χ4n) is 2.91. The van der Waals surface area contributed by atoms with Gasteiger partial charge in [-0.3, -0.25) is 0 Å². The van der Waals surface area contributed by atoms with Crippen LogP contribution < -0.4 is 9.64 Å². The molecule has 0 radical (unpaired) electrons. The van der Waals surface area contributed by atoms with E-state index in [4.69, 9.17) is 4.74 Å². The highest BCUT2D eigenvalue weighted by Crippen LogP contribution is 2.24. The number of quaternary nitrogens is 1. The average molecular weight is 234 g/mol. The molecular weight excluding hydrogens is 210 g/mol. The summed E-state index contributed by atoms with van der Waals surface area (Å²) in [5.74, 6) is 1.71. The number of likely N-dealkylation sites (tertiary alicyclic amines) is 1. The van der Waals surface area contributed by atoms with Crippen molar-refractivity contribution < 1.29 is 9.64 Å².